The number of carbonyl (C=O) groups is 1. The molecule has 0 spiro atoms. The molecule has 0 aliphatic carbocycles. The highest BCUT2D eigenvalue weighted by atomic mass is 19.2. The highest BCUT2D eigenvalue weighted by molar-refractivity contribution is 6.02. The Kier molecular flexibility index (Phi) is 6.69. The SMILES string of the molecule is Cc1nccnc1-c1cn(-c2ccc(F)c(F)c2)c2ncnc(N3C[C@@H](C)N(C(=O)OC(C)(C)C)C[C@@H]3C)c12. The third-order valence-electron chi connectivity index (χ3n) is 6.77. The number of aryl methyl sites for hydroxylation is 1. The van der Waals surface area contributed by atoms with Crippen LogP contribution in [0.4, 0.5) is 19.4 Å². The number of hydrogen-bond donors (Lipinski definition) is 0. The van der Waals surface area contributed by atoms with Crippen molar-refractivity contribution in [1.82, 2.24) is 29.4 Å². The van der Waals surface area contributed by atoms with Crippen LogP contribution in [-0.4, -0.2) is 66.3 Å². The molecule has 5 rings (SSSR count). The van der Waals surface area contributed by atoms with Gasteiger partial charge in [0, 0.05) is 55.4 Å². The Hall–Kier alpha value is -4.15. The normalized spacial score (nSPS) is 18.1. The molecule has 204 valence electrons. The van der Waals surface area contributed by atoms with Crippen molar-refractivity contribution in [3.63, 3.8) is 0 Å². The smallest absolute Gasteiger partial charge is 0.410 e. The minimum atomic E-state index is -0.957. The molecule has 11 heteroatoms. The molecule has 1 aliphatic rings. The first-order valence-corrected chi connectivity index (χ1v) is 12.8. The van der Waals surface area contributed by atoms with Crippen LogP contribution in [0.2, 0.25) is 0 Å². The lowest BCUT2D eigenvalue weighted by Crippen LogP contribution is -2.59. The van der Waals surface area contributed by atoms with Gasteiger partial charge in [0.15, 0.2) is 17.3 Å². The second kappa shape index (κ2) is 9.87. The third-order valence-corrected chi connectivity index (χ3v) is 6.77. The number of aromatic nitrogens is 5. The van der Waals surface area contributed by atoms with Gasteiger partial charge < -0.3 is 19.1 Å². The van der Waals surface area contributed by atoms with Crippen molar-refractivity contribution in [3.05, 3.63) is 60.4 Å². The fourth-order valence-corrected chi connectivity index (χ4v) is 4.94. The van der Waals surface area contributed by atoms with Crippen molar-refractivity contribution in [3.8, 4) is 16.9 Å². The molecule has 39 heavy (non-hydrogen) atoms. The number of halogens is 2. The maximum absolute atomic E-state index is 14.2. The monoisotopic (exact) mass is 535 g/mol. The van der Waals surface area contributed by atoms with E-state index >= 15 is 0 Å². The molecule has 0 radical (unpaired) electrons. The van der Waals surface area contributed by atoms with Gasteiger partial charge in [0.05, 0.1) is 22.5 Å². The van der Waals surface area contributed by atoms with E-state index in [0.29, 0.717) is 52.6 Å². The van der Waals surface area contributed by atoms with E-state index in [-0.39, 0.29) is 18.2 Å². The fourth-order valence-electron chi connectivity index (χ4n) is 4.94. The molecular formula is C28H31F2N7O2. The lowest BCUT2D eigenvalue weighted by molar-refractivity contribution is 0.0130. The van der Waals surface area contributed by atoms with Gasteiger partial charge in [-0.3, -0.25) is 9.97 Å². The first-order valence-electron chi connectivity index (χ1n) is 12.8. The highest BCUT2D eigenvalue weighted by Crippen LogP contribution is 2.38. The molecule has 1 amide bonds. The number of piperazine rings is 1. The molecule has 4 aromatic rings. The predicted molar refractivity (Wildman–Crippen MR) is 144 cm³/mol. The maximum atomic E-state index is 14.2. The molecule has 9 nitrogen and oxygen atoms in total. The Morgan fingerprint density at radius 1 is 1.00 bits per heavy atom. The van der Waals surface area contributed by atoms with Crippen molar-refractivity contribution in [2.45, 2.75) is 59.2 Å². The molecule has 4 heterocycles. The lowest BCUT2D eigenvalue weighted by Gasteiger charge is -2.44. The van der Waals surface area contributed by atoms with Crippen LogP contribution in [-0.2, 0) is 4.74 Å². The van der Waals surface area contributed by atoms with E-state index in [9.17, 15) is 13.6 Å². The van der Waals surface area contributed by atoms with E-state index in [0.717, 1.165) is 12.1 Å². The van der Waals surface area contributed by atoms with E-state index in [1.54, 1.807) is 28.1 Å². The van der Waals surface area contributed by atoms with Crippen LogP contribution in [0, 0.1) is 18.6 Å². The first-order chi connectivity index (χ1) is 18.4. The number of anilines is 1. The van der Waals surface area contributed by atoms with Crippen molar-refractivity contribution in [1.29, 1.82) is 0 Å². The van der Waals surface area contributed by atoms with Crippen LogP contribution < -0.4 is 4.90 Å². The number of rotatable bonds is 3. The Labute approximate surface area is 225 Å². The lowest BCUT2D eigenvalue weighted by atomic mass is 10.1. The van der Waals surface area contributed by atoms with Crippen molar-refractivity contribution < 1.29 is 18.3 Å². The summed E-state index contributed by atoms with van der Waals surface area (Å²) in [5.41, 5.74) is 2.38. The molecular weight excluding hydrogens is 504 g/mol. The first kappa shape index (κ1) is 26.5. The zero-order valence-corrected chi connectivity index (χ0v) is 22.8. The van der Waals surface area contributed by atoms with E-state index in [2.05, 4.69) is 24.8 Å². The van der Waals surface area contributed by atoms with Gasteiger partial charge in [-0.05, 0) is 53.7 Å². The van der Waals surface area contributed by atoms with Crippen LogP contribution in [0.1, 0.15) is 40.3 Å². The summed E-state index contributed by atoms with van der Waals surface area (Å²) in [5, 5.41) is 0.704. The Morgan fingerprint density at radius 3 is 2.44 bits per heavy atom. The molecule has 0 saturated carbocycles. The van der Waals surface area contributed by atoms with Gasteiger partial charge in [0.2, 0.25) is 0 Å². The molecule has 1 aromatic carbocycles. The molecule has 0 unspecified atom stereocenters. The van der Waals surface area contributed by atoms with Crippen molar-refractivity contribution >= 4 is 22.9 Å². The Bertz CT molecular complexity index is 1550. The minimum Gasteiger partial charge on any atom is -0.444 e. The third kappa shape index (κ3) is 5.00. The summed E-state index contributed by atoms with van der Waals surface area (Å²) < 4.78 is 35.3. The van der Waals surface area contributed by atoms with Gasteiger partial charge in [-0.15, -0.1) is 0 Å². The molecule has 1 saturated heterocycles. The van der Waals surface area contributed by atoms with Gasteiger partial charge in [0.25, 0.3) is 0 Å². The highest BCUT2D eigenvalue weighted by Gasteiger charge is 2.36. The number of carbonyl (C=O) groups excluding carboxylic acids is 1. The number of nitrogens with zero attached hydrogens (tertiary/aromatic N) is 7. The molecule has 0 N–H and O–H groups in total. The summed E-state index contributed by atoms with van der Waals surface area (Å²) in [6.07, 6.45) is 6.13. The Morgan fingerprint density at radius 2 is 1.74 bits per heavy atom. The van der Waals surface area contributed by atoms with E-state index < -0.39 is 17.2 Å². The summed E-state index contributed by atoms with van der Waals surface area (Å²) in [6.45, 7) is 12.3. The summed E-state index contributed by atoms with van der Waals surface area (Å²) in [5.74, 6) is -1.23. The van der Waals surface area contributed by atoms with Crippen molar-refractivity contribution in [2.75, 3.05) is 18.0 Å². The zero-order valence-electron chi connectivity index (χ0n) is 22.8. The molecule has 3 aromatic heterocycles. The van der Waals surface area contributed by atoms with Gasteiger partial charge >= 0.3 is 6.09 Å². The summed E-state index contributed by atoms with van der Waals surface area (Å²) in [6, 6.07) is 3.46. The average Bonchev–Trinajstić information content (AvgIpc) is 3.26. The summed E-state index contributed by atoms with van der Waals surface area (Å²) in [7, 11) is 0. The molecule has 1 aliphatic heterocycles. The summed E-state index contributed by atoms with van der Waals surface area (Å²) >= 11 is 0. The quantitative estimate of drug-likeness (QED) is 0.352. The van der Waals surface area contributed by atoms with Crippen LogP contribution >= 0.6 is 0 Å². The van der Waals surface area contributed by atoms with Crippen LogP contribution in [0.5, 0.6) is 0 Å². The standard InChI is InChI=1S/C28H31F2N7O2/c1-16-13-36(27(38)39-28(4,5)6)17(2)12-35(16)25-23-20(24-18(3)31-9-10-32-24)14-37(26(23)34-15-33-25)19-7-8-21(29)22(30)11-19/h7-11,14-17H,12-13H2,1-6H3/t16-,17+/m0/s1. The number of benzene rings is 1. The minimum absolute atomic E-state index is 0.103. The van der Waals surface area contributed by atoms with Crippen LogP contribution in [0.3, 0.4) is 0 Å². The maximum Gasteiger partial charge on any atom is 0.410 e. The summed E-state index contributed by atoms with van der Waals surface area (Å²) in [4.78, 5) is 35.0. The van der Waals surface area contributed by atoms with Crippen molar-refractivity contribution in [2.24, 2.45) is 0 Å². The van der Waals surface area contributed by atoms with Gasteiger partial charge in [0.1, 0.15) is 17.7 Å². The number of hydrogen-bond acceptors (Lipinski definition) is 7. The largest absolute Gasteiger partial charge is 0.444 e. The zero-order chi connectivity index (χ0) is 28.1. The van der Waals surface area contributed by atoms with Crippen LogP contribution in [0.25, 0.3) is 28.0 Å². The van der Waals surface area contributed by atoms with Crippen LogP contribution in [0.15, 0.2) is 43.1 Å². The molecule has 1 fully saturated rings. The topological polar surface area (TPSA) is 89.3 Å². The number of fused-ring (bicyclic) bond motifs is 1. The molecule has 0 bridgehead atoms. The van der Waals surface area contributed by atoms with E-state index in [4.69, 9.17) is 4.74 Å². The van der Waals surface area contributed by atoms with Gasteiger partial charge in [-0.1, -0.05) is 0 Å². The van der Waals surface area contributed by atoms with E-state index in [1.165, 1.54) is 12.4 Å². The van der Waals surface area contributed by atoms with Gasteiger partial charge in [-0.25, -0.2) is 23.5 Å². The number of amides is 1. The molecule has 2 atom stereocenters. The predicted octanol–water partition coefficient (Wildman–Crippen LogP) is 5.30. The second-order valence-electron chi connectivity index (χ2n) is 10.9. The van der Waals surface area contributed by atoms with E-state index in [1.807, 2.05) is 41.5 Å². The van der Waals surface area contributed by atoms with Gasteiger partial charge in [-0.2, -0.15) is 0 Å². The fraction of sp³-hybridized carbons (Fsp3) is 0.393. The average molecular weight is 536 g/mol. The Balaban J connectivity index is 1.64. The second-order valence-corrected chi connectivity index (χ2v) is 10.9. The number of ether oxygens (including phenoxy) is 1.